The zero-order valence-electron chi connectivity index (χ0n) is 21.3. The van der Waals surface area contributed by atoms with Gasteiger partial charge in [-0.3, -0.25) is 4.79 Å². The average molecular weight is 536 g/mol. The lowest BCUT2D eigenvalue weighted by atomic mass is 10.1. The number of aromatic nitrogens is 2. The van der Waals surface area contributed by atoms with Crippen LogP contribution in [0.2, 0.25) is 0 Å². The lowest BCUT2D eigenvalue weighted by Gasteiger charge is -2.37. The lowest BCUT2D eigenvalue weighted by Crippen LogP contribution is -2.54. The molecule has 1 unspecified atom stereocenters. The van der Waals surface area contributed by atoms with Crippen LogP contribution in [0.5, 0.6) is 5.75 Å². The topological polar surface area (TPSA) is 167 Å². The highest BCUT2D eigenvalue weighted by molar-refractivity contribution is 7.89. The fourth-order valence-corrected chi connectivity index (χ4v) is 5.09. The molecular weight excluding hydrogens is 502 g/mol. The third-order valence-electron chi connectivity index (χ3n) is 5.78. The average Bonchev–Trinajstić information content (AvgIpc) is 2.84. The Morgan fingerprint density at radius 2 is 2.03 bits per heavy atom. The zero-order chi connectivity index (χ0) is 26.9. The van der Waals surface area contributed by atoms with E-state index in [9.17, 15) is 19.5 Å². The SMILES string of the molecule is CCCC(=N)c1nc(-c2cc([S+]([O-])N3CC(OCCCCO[N+](=O)[O-])C3)ccc2OCC)[nH]c(=O)c1C. The van der Waals surface area contributed by atoms with Gasteiger partial charge < -0.3 is 29.3 Å². The predicted molar refractivity (Wildman–Crippen MR) is 138 cm³/mol. The van der Waals surface area contributed by atoms with Gasteiger partial charge in [-0.2, -0.15) is 0 Å². The molecule has 0 aliphatic carbocycles. The van der Waals surface area contributed by atoms with Crippen LogP contribution in [-0.2, 0) is 20.9 Å². The molecule has 1 atom stereocenters. The number of rotatable bonds is 15. The minimum atomic E-state index is -1.46. The molecule has 1 fully saturated rings. The Kier molecular flexibility index (Phi) is 10.4. The maximum absolute atomic E-state index is 13.2. The first-order chi connectivity index (χ1) is 17.7. The number of unbranched alkanes of at least 4 members (excludes halogenated alkanes) is 1. The second-order valence-corrected chi connectivity index (χ2v) is 10.0. The number of hydrogen-bond donors (Lipinski definition) is 2. The predicted octanol–water partition coefficient (Wildman–Crippen LogP) is 3.02. The number of hydrogen-bond acceptors (Lipinski definition) is 10. The highest BCUT2D eigenvalue weighted by atomic mass is 32.2. The van der Waals surface area contributed by atoms with Crippen molar-refractivity contribution < 1.29 is 24.0 Å². The van der Waals surface area contributed by atoms with E-state index in [1.165, 1.54) is 0 Å². The van der Waals surface area contributed by atoms with Crippen molar-refractivity contribution >= 4 is 17.1 Å². The van der Waals surface area contributed by atoms with Crippen molar-refractivity contribution in [3.8, 4) is 17.1 Å². The summed E-state index contributed by atoms with van der Waals surface area (Å²) in [5.41, 5.74) is 1.20. The third kappa shape index (κ3) is 7.51. The normalized spacial score (nSPS) is 14.7. The van der Waals surface area contributed by atoms with Gasteiger partial charge in [0.05, 0.1) is 60.7 Å². The maximum atomic E-state index is 13.2. The van der Waals surface area contributed by atoms with Gasteiger partial charge in [-0.15, -0.1) is 14.4 Å². The summed E-state index contributed by atoms with van der Waals surface area (Å²) in [4.78, 5) is 35.0. The Labute approximate surface area is 218 Å². The van der Waals surface area contributed by atoms with E-state index >= 15 is 0 Å². The van der Waals surface area contributed by atoms with Crippen LogP contribution < -0.4 is 10.3 Å². The summed E-state index contributed by atoms with van der Waals surface area (Å²) in [7, 11) is 0. The van der Waals surface area contributed by atoms with Crippen molar-refractivity contribution in [1.29, 1.82) is 5.41 Å². The van der Waals surface area contributed by atoms with Gasteiger partial charge in [0.15, 0.2) is 4.90 Å². The van der Waals surface area contributed by atoms with Crippen LogP contribution in [0.4, 0.5) is 0 Å². The molecule has 0 radical (unpaired) electrons. The van der Waals surface area contributed by atoms with Gasteiger partial charge in [-0.1, -0.05) is 13.3 Å². The molecule has 2 aromatic rings. The van der Waals surface area contributed by atoms with Crippen LogP contribution in [0.15, 0.2) is 27.9 Å². The highest BCUT2D eigenvalue weighted by Crippen LogP contribution is 2.33. The molecule has 1 aromatic heterocycles. The molecule has 2 heterocycles. The van der Waals surface area contributed by atoms with Crippen LogP contribution in [0.3, 0.4) is 0 Å². The van der Waals surface area contributed by atoms with E-state index in [-0.39, 0.29) is 24.1 Å². The molecule has 0 spiro atoms. The Morgan fingerprint density at radius 3 is 2.70 bits per heavy atom. The Balaban J connectivity index is 1.71. The molecular formula is C24H33N5O7S. The Hall–Kier alpha value is -3.00. The summed E-state index contributed by atoms with van der Waals surface area (Å²) in [5, 5.41) is 17.7. The fourth-order valence-electron chi connectivity index (χ4n) is 3.79. The summed E-state index contributed by atoms with van der Waals surface area (Å²) in [6.07, 6.45) is 2.36. The second kappa shape index (κ2) is 13.5. The molecule has 0 bridgehead atoms. The summed E-state index contributed by atoms with van der Waals surface area (Å²) >= 11 is -1.46. The molecule has 1 aliphatic rings. The number of nitrogens with zero attached hydrogens (tertiary/aromatic N) is 3. The molecule has 1 aromatic carbocycles. The van der Waals surface area contributed by atoms with Gasteiger partial charge >= 0.3 is 0 Å². The van der Waals surface area contributed by atoms with Gasteiger partial charge in [0, 0.05) is 18.2 Å². The van der Waals surface area contributed by atoms with E-state index in [1.54, 1.807) is 29.4 Å². The van der Waals surface area contributed by atoms with Crippen molar-refractivity contribution in [1.82, 2.24) is 14.3 Å². The molecule has 3 rings (SSSR count). The molecule has 0 amide bonds. The van der Waals surface area contributed by atoms with Gasteiger partial charge in [-0.05, 0) is 45.2 Å². The van der Waals surface area contributed by atoms with Crippen LogP contribution in [0, 0.1) is 22.4 Å². The van der Waals surface area contributed by atoms with Crippen molar-refractivity contribution in [3.05, 3.63) is 49.9 Å². The lowest BCUT2D eigenvalue weighted by molar-refractivity contribution is -0.757. The van der Waals surface area contributed by atoms with Gasteiger partial charge in [0.2, 0.25) is 0 Å². The smallest absolute Gasteiger partial charge is 0.294 e. The van der Waals surface area contributed by atoms with Gasteiger partial charge in [0.1, 0.15) is 11.6 Å². The summed E-state index contributed by atoms with van der Waals surface area (Å²) in [6, 6.07) is 5.13. The largest absolute Gasteiger partial charge is 0.593 e. The quantitative estimate of drug-likeness (QED) is 0.114. The minimum absolute atomic E-state index is 0.0413. The summed E-state index contributed by atoms with van der Waals surface area (Å²) < 4.78 is 26.5. The molecule has 202 valence electrons. The van der Waals surface area contributed by atoms with Crippen molar-refractivity contribution in [2.75, 3.05) is 32.9 Å². The van der Waals surface area contributed by atoms with Crippen LogP contribution >= 0.6 is 0 Å². The first-order valence-electron chi connectivity index (χ1n) is 12.3. The molecule has 2 N–H and O–H groups in total. The summed E-state index contributed by atoms with van der Waals surface area (Å²) in [6.45, 7) is 7.31. The first kappa shape index (κ1) is 28.6. The number of aromatic amines is 1. The first-order valence-corrected chi connectivity index (χ1v) is 13.4. The van der Waals surface area contributed by atoms with E-state index in [2.05, 4.69) is 14.8 Å². The Morgan fingerprint density at radius 1 is 1.30 bits per heavy atom. The highest BCUT2D eigenvalue weighted by Gasteiger charge is 2.37. The van der Waals surface area contributed by atoms with Crippen molar-refractivity contribution in [2.45, 2.75) is 57.5 Å². The zero-order valence-corrected chi connectivity index (χ0v) is 22.1. The van der Waals surface area contributed by atoms with E-state index in [4.69, 9.17) is 14.9 Å². The minimum Gasteiger partial charge on any atom is -0.593 e. The van der Waals surface area contributed by atoms with E-state index in [1.807, 2.05) is 13.8 Å². The fraction of sp³-hybridized carbons (Fsp3) is 0.542. The number of benzene rings is 1. The van der Waals surface area contributed by atoms with Crippen molar-refractivity contribution in [3.63, 3.8) is 0 Å². The number of nitrogens with one attached hydrogen (secondary N) is 2. The van der Waals surface area contributed by atoms with Gasteiger partial charge in [0.25, 0.3) is 10.6 Å². The van der Waals surface area contributed by atoms with Crippen LogP contribution in [-0.4, -0.2) is 68.6 Å². The van der Waals surface area contributed by atoms with E-state index < -0.39 is 16.4 Å². The van der Waals surface area contributed by atoms with Gasteiger partial charge in [-0.25, -0.2) is 4.98 Å². The molecule has 13 heteroatoms. The second-order valence-electron chi connectivity index (χ2n) is 8.56. The molecule has 1 saturated heterocycles. The Bertz CT molecular complexity index is 1150. The van der Waals surface area contributed by atoms with Crippen LogP contribution in [0.25, 0.3) is 11.4 Å². The molecule has 0 saturated carbocycles. The van der Waals surface area contributed by atoms with E-state index in [0.29, 0.717) is 78.7 Å². The monoisotopic (exact) mass is 535 g/mol. The van der Waals surface area contributed by atoms with Crippen molar-refractivity contribution in [2.24, 2.45) is 0 Å². The molecule has 37 heavy (non-hydrogen) atoms. The summed E-state index contributed by atoms with van der Waals surface area (Å²) in [5.74, 6) is 0.758. The van der Waals surface area contributed by atoms with E-state index in [0.717, 1.165) is 6.42 Å². The molecule has 1 aliphatic heterocycles. The number of ether oxygens (including phenoxy) is 2. The third-order valence-corrected chi connectivity index (χ3v) is 7.21. The standard InChI is InChI=1S/C24H33N5O7S/c1-4-8-20(25)22-16(3)24(30)27-23(26-22)19-13-18(9-10-21(19)34-5-2)37(33)28-14-17(15-28)35-11-6-7-12-36-29(31)32/h9-10,13,17,25H,4-8,11-12,14-15H2,1-3H3,(H,26,27,30). The van der Waals surface area contributed by atoms with Crippen LogP contribution in [0.1, 0.15) is 50.8 Å². The molecule has 12 nitrogen and oxygen atoms in total. The maximum Gasteiger partial charge on any atom is 0.294 e. The number of H-pyrrole nitrogens is 1.